The van der Waals surface area contributed by atoms with Crippen LogP contribution >= 0.6 is 11.8 Å². The van der Waals surface area contributed by atoms with Crippen LogP contribution in [0.2, 0.25) is 0 Å². The molecule has 9 heteroatoms. The Morgan fingerprint density at radius 1 is 0.900 bits per heavy atom. The average Bonchev–Trinajstić information content (AvgIpc) is 3.58. The number of fused-ring (bicyclic) bond motifs is 1. The first-order valence-electron chi connectivity index (χ1n) is 13.4. The lowest BCUT2D eigenvalue weighted by molar-refractivity contribution is -0.137. The van der Waals surface area contributed by atoms with Crippen molar-refractivity contribution in [2.75, 3.05) is 18.8 Å². The van der Waals surface area contributed by atoms with Gasteiger partial charge in [-0.2, -0.15) is 11.8 Å². The second-order valence-corrected chi connectivity index (χ2v) is 11.1. The smallest absolute Gasteiger partial charge is 0.254 e. The molecule has 0 aliphatic carbocycles. The van der Waals surface area contributed by atoms with Crippen LogP contribution in [0.5, 0.6) is 0 Å². The number of rotatable bonds is 9. The number of likely N-dealkylation sites (tertiary alicyclic amines) is 2. The van der Waals surface area contributed by atoms with Gasteiger partial charge in [0.1, 0.15) is 12.1 Å². The number of carbonyl (C=O) groups excluding carboxylic acids is 4. The fraction of sp³-hybridized carbons (Fsp3) is 0.290. The van der Waals surface area contributed by atoms with Crippen LogP contribution in [0.1, 0.15) is 38.3 Å². The molecule has 8 nitrogen and oxygen atoms in total. The summed E-state index contributed by atoms with van der Waals surface area (Å²) in [6.07, 6.45) is 0.511. The van der Waals surface area contributed by atoms with Gasteiger partial charge in [-0.25, -0.2) is 0 Å². The van der Waals surface area contributed by atoms with Gasteiger partial charge < -0.3 is 20.9 Å². The molecule has 3 aromatic carbocycles. The first kappa shape index (κ1) is 27.6. The number of nitrogens with two attached hydrogens (primary N) is 1. The Bertz CT molecular complexity index is 1380. The zero-order chi connectivity index (χ0) is 28.1. The molecule has 2 aliphatic heterocycles. The predicted octanol–water partition coefficient (Wildman–Crippen LogP) is 2.87. The van der Waals surface area contributed by atoms with Gasteiger partial charge >= 0.3 is 0 Å². The van der Waals surface area contributed by atoms with Crippen molar-refractivity contribution in [2.45, 2.75) is 36.8 Å². The van der Waals surface area contributed by atoms with E-state index in [2.05, 4.69) is 5.32 Å². The molecule has 3 N–H and O–H groups in total. The standard InChI is InChI=1S/C31H32N4O4S/c32-17-22-10-7-13-24(16-22)29(37)33-25(20-40-19-21-8-3-1-4-9-21)31(39)34-15-14-26-28(34)27(36)18-35(26)30(38)23-11-5-2-6-12-23/h1-13,16,25-26,28H,14-15,17-20,32H2,(H,33,37)/t25-,26?,28-/m0/s1. The van der Waals surface area contributed by atoms with Crippen molar-refractivity contribution < 1.29 is 19.2 Å². The third-order valence-corrected chi connectivity index (χ3v) is 8.52. The molecule has 0 saturated carbocycles. The number of ketones is 1. The average molecular weight is 557 g/mol. The number of Topliss-reactive ketones (excluding diaryl/α,β-unsaturated/α-hetero) is 1. The molecule has 3 aromatic rings. The van der Waals surface area contributed by atoms with E-state index in [1.807, 2.05) is 42.5 Å². The van der Waals surface area contributed by atoms with Crippen LogP contribution in [0.4, 0.5) is 0 Å². The molecule has 2 saturated heterocycles. The molecule has 0 aromatic heterocycles. The molecule has 1 unspecified atom stereocenters. The Kier molecular flexibility index (Phi) is 8.62. The van der Waals surface area contributed by atoms with E-state index in [0.717, 1.165) is 11.1 Å². The minimum atomic E-state index is -0.840. The van der Waals surface area contributed by atoms with Crippen LogP contribution in [-0.2, 0) is 21.9 Å². The normalized spacial score (nSPS) is 18.9. The van der Waals surface area contributed by atoms with Gasteiger partial charge in [0.25, 0.3) is 11.8 Å². The number of thioether (sulfide) groups is 1. The molecule has 0 spiro atoms. The molecule has 2 heterocycles. The van der Waals surface area contributed by atoms with Gasteiger partial charge in [-0.15, -0.1) is 0 Å². The highest BCUT2D eigenvalue weighted by atomic mass is 32.2. The molecule has 2 fully saturated rings. The van der Waals surface area contributed by atoms with Crippen LogP contribution in [0.15, 0.2) is 84.9 Å². The van der Waals surface area contributed by atoms with Crippen LogP contribution in [0, 0.1) is 0 Å². The lowest BCUT2D eigenvalue weighted by Crippen LogP contribution is -2.53. The molecular formula is C31H32N4O4S. The molecule has 2 aliphatic rings. The van der Waals surface area contributed by atoms with Crippen LogP contribution in [-0.4, -0.2) is 70.3 Å². The van der Waals surface area contributed by atoms with Crippen molar-refractivity contribution in [1.29, 1.82) is 0 Å². The summed E-state index contributed by atoms with van der Waals surface area (Å²) in [5.41, 5.74) is 8.62. The predicted molar refractivity (Wildman–Crippen MR) is 155 cm³/mol. The van der Waals surface area contributed by atoms with E-state index in [0.29, 0.717) is 42.1 Å². The first-order chi connectivity index (χ1) is 19.5. The van der Waals surface area contributed by atoms with Crippen molar-refractivity contribution in [3.05, 3.63) is 107 Å². The molecule has 3 atom stereocenters. The molecule has 5 rings (SSSR count). The third kappa shape index (κ3) is 5.95. The highest BCUT2D eigenvalue weighted by molar-refractivity contribution is 7.98. The molecular weight excluding hydrogens is 524 g/mol. The maximum absolute atomic E-state index is 13.9. The second kappa shape index (κ2) is 12.5. The van der Waals surface area contributed by atoms with Crippen LogP contribution in [0.25, 0.3) is 0 Å². The van der Waals surface area contributed by atoms with E-state index in [-0.39, 0.29) is 36.1 Å². The summed E-state index contributed by atoms with van der Waals surface area (Å²) in [6, 6.07) is 23.9. The van der Waals surface area contributed by atoms with Crippen LogP contribution < -0.4 is 11.1 Å². The number of nitrogens with one attached hydrogen (secondary N) is 1. The lowest BCUT2D eigenvalue weighted by Gasteiger charge is -2.28. The van der Waals surface area contributed by atoms with Crippen molar-refractivity contribution >= 4 is 35.3 Å². The van der Waals surface area contributed by atoms with Gasteiger partial charge in [0.2, 0.25) is 5.91 Å². The molecule has 0 radical (unpaired) electrons. The fourth-order valence-electron chi connectivity index (χ4n) is 5.41. The maximum atomic E-state index is 13.9. The van der Waals surface area contributed by atoms with Gasteiger partial charge in [0.05, 0.1) is 12.6 Å². The quantitative estimate of drug-likeness (QED) is 0.419. The molecule has 0 bridgehead atoms. The first-order valence-corrected chi connectivity index (χ1v) is 14.5. The summed E-state index contributed by atoms with van der Waals surface area (Å²) < 4.78 is 0. The van der Waals surface area contributed by atoms with E-state index < -0.39 is 12.1 Å². The highest BCUT2D eigenvalue weighted by Crippen LogP contribution is 2.31. The van der Waals surface area contributed by atoms with E-state index in [1.54, 1.807) is 64.0 Å². The lowest BCUT2D eigenvalue weighted by atomic mass is 10.1. The monoisotopic (exact) mass is 556 g/mol. The van der Waals surface area contributed by atoms with Gasteiger partial charge in [-0.1, -0.05) is 60.7 Å². The second-order valence-electron chi connectivity index (χ2n) is 10.0. The Balaban J connectivity index is 1.33. The summed E-state index contributed by atoms with van der Waals surface area (Å²) in [5, 5.41) is 2.92. The van der Waals surface area contributed by atoms with E-state index in [4.69, 9.17) is 5.73 Å². The van der Waals surface area contributed by atoms with Gasteiger partial charge in [0.15, 0.2) is 5.78 Å². The highest BCUT2D eigenvalue weighted by Gasteiger charge is 2.52. The largest absolute Gasteiger partial charge is 0.339 e. The summed E-state index contributed by atoms with van der Waals surface area (Å²) >= 11 is 1.54. The van der Waals surface area contributed by atoms with Crippen molar-refractivity contribution in [3.63, 3.8) is 0 Å². The molecule has 40 heavy (non-hydrogen) atoms. The fourth-order valence-corrected chi connectivity index (χ4v) is 6.42. The number of carbonyl (C=O) groups is 4. The van der Waals surface area contributed by atoms with E-state index in [9.17, 15) is 19.2 Å². The number of nitrogens with zero attached hydrogens (tertiary/aromatic N) is 2. The Morgan fingerprint density at radius 3 is 2.30 bits per heavy atom. The van der Waals surface area contributed by atoms with Crippen LogP contribution in [0.3, 0.4) is 0 Å². The van der Waals surface area contributed by atoms with Gasteiger partial charge in [-0.05, 0) is 41.8 Å². The summed E-state index contributed by atoms with van der Waals surface area (Å²) in [5.74, 6) is -0.0307. The zero-order valence-electron chi connectivity index (χ0n) is 22.1. The number of amides is 3. The van der Waals surface area contributed by atoms with Crippen molar-refractivity contribution in [1.82, 2.24) is 15.1 Å². The minimum absolute atomic E-state index is 0.0293. The van der Waals surface area contributed by atoms with E-state index in [1.165, 1.54) is 0 Å². The number of hydrogen-bond donors (Lipinski definition) is 2. The third-order valence-electron chi connectivity index (χ3n) is 7.41. The van der Waals surface area contributed by atoms with E-state index >= 15 is 0 Å². The summed E-state index contributed by atoms with van der Waals surface area (Å²) in [7, 11) is 0. The Labute approximate surface area is 237 Å². The number of hydrogen-bond acceptors (Lipinski definition) is 6. The van der Waals surface area contributed by atoms with Crippen molar-refractivity contribution in [3.8, 4) is 0 Å². The molecule has 3 amide bonds. The van der Waals surface area contributed by atoms with Gasteiger partial charge in [-0.3, -0.25) is 19.2 Å². The zero-order valence-corrected chi connectivity index (χ0v) is 22.9. The summed E-state index contributed by atoms with van der Waals surface area (Å²) in [6.45, 7) is 0.614. The molecule has 206 valence electrons. The topological polar surface area (TPSA) is 113 Å². The van der Waals surface area contributed by atoms with Crippen molar-refractivity contribution in [2.24, 2.45) is 5.73 Å². The SMILES string of the molecule is NCc1cccc(C(=O)N[C@@H](CSCc2ccccc2)C(=O)N2CCC3[C@H]2C(=O)CN3C(=O)c2ccccc2)c1. The Hall–Kier alpha value is -3.95. The Morgan fingerprint density at radius 2 is 1.57 bits per heavy atom. The maximum Gasteiger partial charge on any atom is 0.254 e. The van der Waals surface area contributed by atoms with Gasteiger partial charge in [0, 0.05) is 35.7 Å². The minimum Gasteiger partial charge on any atom is -0.339 e. The number of benzene rings is 3. The summed E-state index contributed by atoms with van der Waals surface area (Å²) in [4.78, 5) is 56.6.